The van der Waals surface area contributed by atoms with Crippen LogP contribution in [0.1, 0.15) is 66.2 Å². The molecule has 2 aliphatic heterocycles. The van der Waals surface area contributed by atoms with Crippen LogP contribution in [0.25, 0.3) is 10.4 Å². The SMILES string of the molecule is Cc1cn([C@H]2C[C@H](N=[N+]=[N-])[C@@H](CO[Si](C)(C)C(C)(C)C)O2)c(=O)n(CC2CC(CO[Si](C)(C)C(C)(C)C)=NO2)c1=O. The second-order valence-corrected chi connectivity index (χ2v) is 23.9. The van der Waals surface area contributed by atoms with E-state index in [1.165, 1.54) is 15.3 Å². The van der Waals surface area contributed by atoms with Crippen LogP contribution in [0.15, 0.2) is 26.1 Å². The van der Waals surface area contributed by atoms with Crippen molar-refractivity contribution in [1.82, 2.24) is 9.13 Å². The van der Waals surface area contributed by atoms with Gasteiger partial charge in [0.2, 0.25) is 0 Å². The zero-order valence-corrected chi connectivity index (χ0v) is 28.6. The molecular weight excluding hydrogens is 561 g/mol. The molecular formula is C27H48N6O6Si2. The average Bonchev–Trinajstić information content (AvgIpc) is 3.47. The number of oxime groups is 1. The van der Waals surface area contributed by atoms with Gasteiger partial charge in [0.25, 0.3) is 5.56 Å². The molecule has 3 heterocycles. The molecule has 1 saturated heterocycles. The Balaban J connectivity index is 1.75. The van der Waals surface area contributed by atoms with Crippen molar-refractivity contribution in [2.24, 2.45) is 10.3 Å². The molecule has 3 rings (SSSR count). The van der Waals surface area contributed by atoms with Crippen LogP contribution < -0.4 is 11.2 Å². The number of aromatic nitrogens is 2. The van der Waals surface area contributed by atoms with Crippen LogP contribution in [0.3, 0.4) is 0 Å². The fourth-order valence-electron chi connectivity index (χ4n) is 4.21. The van der Waals surface area contributed by atoms with Crippen LogP contribution in [0.2, 0.25) is 36.3 Å². The normalized spacial score (nSPS) is 23.7. The van der Waals surface area contributed by atoms with Crippen LogP contribution in [-0.2, 0) is 25.0 Å². The summed E-state index contributed by atoms with van der Waals surface area (Å²) in [5.41, 5.74) is 9.44. The average molecular weight is 609 g/mol. The molecule has 12 nitrogen and oxygen atoms in total. The van der Waals surface area contributed by atoms with E-state index in [0.717, 1.165) is 5.71 Å². The van der Waals surface area contributed by atoms with Crippen LogP contribution in [0, 0.1) is 6.92 Å². The summed E-state index contributed by atoms with van der Waals surface area (Å²) < 4.78 is 21.4. The maximum atomic E-state index is 13.6. The van der Waals surface area contributed by atoms with Crippen LogP contribution in [0.4, 0.5) is 0 Å². The van der Waals surface area contributed by atoms with Gasteiger partial charge in [-0.3, -0.25) is 13.9 Å². The minimum absolute atomic E-state index is 0.00525. The summed E-state index contributed by atoms with van der Waals surface area (Å²) in [5.74, 6) is 0. The standard InChI is InChI=1S/C27H48N6O6Si2/c1-18-14-32(23-13-21(29-31-28)22(38-23)17-37-41(10,11)27(5,6)7)25(35)33(24(18)34)15-20-12-19(30-39-20)16-36-40(8,9)26(2,3)4/h14,20-23H,12-13,15-17H2,1-11H3/t20?,21-,22+,23+/m0/s1. The Morgan fingerprint density at radius 2 is 1.71 bits per heavy atom. The van der Waals surface area contributed by atoms with Crippen molar-refractivity contribution in [3.8, 4) is 0 Å². The fraction of sp³-hybridized carbons (Fsp3) is 0.815. The topological polar surface area (TPSA) is 142 Å². The van der Waals surface area contributed by atoms with Gasteiger partial charge in [0, 0.05) is 29.5 Å². The van der Waals surface area contributed by atoms with Crippen LogP contribution in [0.5, 0.6) is 0 Å². The van der Waals surface area contributed by atoms with Gasteiger partial charge in [0.1, 0.15) is 6.23 Å². The monoisotopic (exact) mass is 608 g/mol. The van der Waals surface area contributed by atoms with Gasteiger partial charge < -0.3 is 18.4 Å². The Labute approximate surface area is 244 Å². The van der Waals surface area contributed by atoms with Gasteiger partial charge in [-0.1, -0.05) is 51.8 Å². The molecule has 1 fully saturated rings. The highest BCUT2D eigenvalue weighted by Crippen LogP contribution is 2.38. The molecule has 0 aliphatic carbocycles. The van der Waals surface area contributed by atoms with E-state index in [4.69, 9.17) is 24.0 Å². The molecule has 0 spiro atoms. The quantitative estimate of drug-likeness (QED) is 0.149. The highest BCUT2D eigenvalue weighted by Gasteiger charge is 2.42. The first-order valence-corrected chi connectivity index (χ1v) is 20.1. The molecule has 1 unspecified atom stereocenters. The zero-order valence-electron chi connectivity index (χ0n) is 26.6. The third-order valence-electron chi connectivity index (χ3n) is 9.08. The molecule has 0 saturated carbocycles. The second-order valence-electron chi connectivity index (χ2n) is 14.3. The van der Waals surface area contributed by atoms with Crippen molar-refractivity contribution in [3.63, 3.8) is 0 Å². The molecule has 1 aromatic heterocycles. The first-order valence-electron chi connectivity index (χ1n) is 14.3. The smallest absolute Gasteiger partial charge is 0.333 e. The van der Waals surface area contributed by atoms with E-state index in [2.05, 4.69) is 82.9 Å². The zero-order chi connectivity index (χ0) is 31.0. The van der Waals surface area contributed by atoms with Crippen molar-refractivity contribution in [3.05, 3.63) is 43.0 Å². The summed E-state index contributed by atoms with van der Waals surface area (Å²) in [6.45, 7) is 24.0. The summed E-state index contributed by atoms with van der Waals surface area (Å²) in [6, 6.07) is -0.502. The number of ether oxygens (including phenoxy) is 1. The first-order chi connectivity index (χ1) is 18.8. The lowest BCUT2D eigenvalue weighted by Crippen LogP contribution is -2.45. The minimum Gasteiger partial charge on any atom is -0.414 e. The lowest BCUT2D eigenvalue weighted by atomic mass is 10.1. The summed E-state index contributed by atoms with van der Waals surface area (Å²) in [5, 5.41) is 8.20. The maximum absolute atomic E-state index is 13.6. The van der Waals surface area contributed by atoms with Gasteiger partial charge in [0.15, 0.2) is 22.7 Å². The molecule has 41 heavy (non-hydrogen) atoms. The largest absolute Gasteiger partial charge is 0.414 e. The second kappa shape index (κ2) is 12.2. The Kier molecular flexibility index (Phi) is 9.88. The number of rotatable bonds is 10. The molecule has 14 heteroatoms. The van der Waals surface area contributed by atoms with E-state index in [-0.39, 0.29) is 28.8 Å². The number of hydrogen-bond acceptors (Lipinski definition) is 8. The van der Waals surface area contributed by atoms with Gasteiger partial charge in [0.05, 0.1) is 37.6 Å². The van der Waals surface area contributed by atoms with Crippen LogP contribution in [-0.4, -0.2) is 62.9 Å². The lowest BCUT2D eigenvalue weighted by Gasteiger charge is -2.37. The molecule has 0 N–H and O–H groups in total. The minimum atomic E-state index is -2.08. The van der Waals surface area contributed by atoms with E-state index in [0.29, 0.717) is 25.0 Å². The molecule has 4 atom stereocenters. The molecule has 0 radical (unpaired) electrons. The van der Waals surface area contributed by atoms with Gasteiger partial charge in [-0.15, -0.1) is 0 Å². The van der Waals surface area contributed by atoms with E-state index in [1.54, 1.807) is 6.92 Å². The highest BCUT2D eigenvalue weighted by molar-refractivity contribution is 6.74. The van der Waals surface area contributed by atoms with Crippen molar-refractivity contribution >= 4 is 22.3 Å². The number of hydrogen-bond donors (Lipinski definition) is 0. The Morgan fingerprint density at radius 3 is 2.29 bits per heavy atom. The van der Waals surface area contributed by atoms with Gasteiger partial charge >= 0.3 is 5.69 Å². The Morgan fingerprint density at radius 1 is 1.10 bits per heavy atom. The first kappa shape index (κ1) is 33.3. The Hall–Kier alpha value is -2.23. The van der Waals surface area contributed by atoms with E-state index in [1.807, 2.05) is 0 Å². The maximum Gasteiger partial charge on any atom is 0.333 e. The number of nitrogens with zero attached hydrogens (tertiary/aromatic N) is 6. The third kappa shape index (κ3) is 7.60. The lowest BCUT2D eigenvalue weighted by molar-refractivity contribution is -0.0257. The molecule has 230 valence electrons. The summed E-state index contributed by atoms with van der Waals surface area (Å²) in [7, 11) is -4.03. The van der Waals surface area contributed by atoms with Crippen molar-refractivity contribution in [2.45, 2.75) is 129 Å². The highest BCUT2D eigenvalue weighted by atomic mass is 28.4. The van der Waals surface area contributed by atoms with E-state index in [9.17, 15) is 9.59 Å². The van der Waals surface area contributed by atoms with Crippen molar-refractivity contribution < 1.29 is 18.4 Å². The number of azide groups is 1. The van der Waals surface area contributed by atoms with Crippen molar-refractivity contribution in [1.29, 1.82) is 0 Å². The molecule has 2 aliphatic rings. The summed E-state index contributed by atoms with van der Waals surface area (Å²) in [6.07, 6.45) is 0.615. The van der Waals surface area contributed by atoms with E-state index >= 15 is 0 Å². The number of aryl methyl sites for hydroxylation is 1. The summed E-state index contributed by atoms with van der Waals surface area (Å²) in [4.78, 5) is 35.2. The van der Waals surface area contributed by atoms with Gasteiger partial charge in [-0.25, -0.2) is 4.79 Å². The van der Waals surface area contributed by atoms with E-state index < -0.39 is 46.8 Å². The Bertz CT molecular complexity index is 1300. The van der Waals surface area contributed by atoms with Gasteiger partial charge in [-0.05, 0) is 48.7 Å². The van der Waals surface area contributed by atoms with Gasteiger partial charge in [-0.2, -0.15) is 0 Å². The van der Waals surface area contributed by atoms with Crippen molar-refractivity contribution in [2.75, 3.05) is 13.2 Å². The molecule has 0 bridgehead atoms. The predicted molar refractivity (Wildman–Crippen MR) is 164 cm³/mol. The predicted octanol–water partition coefficient (Wildman–Crippen LogP) is 5.47. The van der Waals surface area contributed by atoms with Crippen LogP contribution >= 0.6 is 0 Å². The molecule has 0 aromatic carbocycles. The third-order valence-corrected chi connectivity index (χ3v) is 18.1. The fourth-order valence-corrected chi connectivity index (χ4v) is 6.18. The molecule has 0 amide bonds. The summed E-state index contributed by atoms with van der Waals surface area (Å²) >= 11 is 0. The molecule has 1 aromatic rings.